The van der Waals surface area contributed by atoms with Gasteiger partial charge in [-0.05, 0) is 65.2 Å². The highest BCUT2D eigenvalue weighted by Crippen LogP contribution is 2.40. The first-order chi connectivity index (χ1) is 14.8. The van der Waals surface area contributed by atoms with Crippen LogP contribution in [0.1, 0.15) is 28.2 Å². The van der Waals surface area contributed by atoms with Gasteiger partial charge in [-0.1, -0.05) is 12.1 Å². The number of hydrogen-bond donors (Lipinski definition) is 2. The van der Waals surface area contributed by atoms with Gasteiger partial charge in [0.15, 0.2) is 0 Å². The van der Waals surface area contributed by atoms with Crippen LogP contribution >= 0.6 is 0 Å². The quantitative estimate of drug-likeness (QED) is 0.288. The molecule has 0 amide bonds. The van der Waals surface area contributed by atoms with E-state index in [-0.39, 0.29) is 0 Å². The first-order valence-corrected chi connectivity index (χ1v) is 9.51. The molecule has 0 spiro atoms. The Bertz CT molecular complexity index is 1310. The maximum absolute atomic E-state index is 14.0. The van der Waals surface area contributed by atoms with E-state index in [4.69, 9.17) is 0 Å². The molecule has 3 aromatic carbocycles. The molecule has 156 valence electrons. The standard InChI is InChI=1S/C24H15F5N2/c25-15-5-7-21-17(9-15)19(11-30-21)23(13-1-3-14(4-2-13)24(27,28)29)20-12-31-22-8-6-16(26)10-18(20)22/h1-12,23,30-31H. The Hall–Kier alpha value is -3.61. The fourth-order valence-corrected chi connectivity index (χ4v) is 4.10. The molecule has 2 nitrogen and oxygen atoms in total. The lowest BCUT2D eigenvalue weighted by atomic mass is 9.84. The second-order valence-corrected chi connectivity index (χ2v) is 7.42. The van der Waals surface area contributed by atoms with Crippen molar-refractivity contribution in [3.05, 3.63) is 107 Å². The molecule has 7 heteroatoms. The second-order valence-electron chi connectivity index (χ2n) is 7.42. The van der Waals surface area contributed by atoms with Crippen LogP contribution in [-0.2, 0) is 6.18 Å². The largest absolute Gasteiger partial charge is 0.416 e. The van der Waals surface area contributed by atoms with Crippen LogP contribution in [0, 0.1) is 11.6 Å². The lowest BCUT2D eigenvalue weighted by Crippen LogP contribution is -2.07. The van der Waals surface area contributed by atoms with Crippen molar-refractivity contribution in [3.63, 3.8) is 0 Å². The summed E-state index contributed by atoms with van der Waals surface area (Å²) in [7, 11) is 0. The van der Waals surface area contributed by atoms with Gasteiger partial charge < -0.3 is 9.97 Å². The lowest BCUT2D eigenvalue weighted by molar-refractivity contribution is -0.137. The van der Waals surface area contributed by atoms with Crippen molar-refractivity contribution in [2.24, 2.45) is 0 Å². The summed E-state index contributed by atoms with van der Waals surface area (Å²) in [6.07, 6.45) is -1.03. The number of hydrogen-bond acceptors (Lipinski definition) is 0. The molecule has 5 aromatic rings. The summed E-state index contributed by atoms with van der Waals surface area (Å²) in [5, 5.41) is 1.21. The molecular formula is C24H15F5N2. The highest BCUT2D eigenvalue weighted by Gasteiger charge is 2.31. The van der Waals surface area contributed by atoms with E-state index in [2.05, 4.69) is 9.97 Å². The first-order valence-electron chi connectivity index (χ1n) is 9.51. The fraction of sp³-hybridized carbons (Fsp3) is 0.0833. The predicted molar refractivity (Wildman–Crippen MR) is 109 cm³/mol. The average Bonchev–Trinajstić information content (AvgIpc) is 3.33. The number of fused-ring (bicyclic) bond motifs is 2. The molecule has 0 radical (unpaired) electrons. The van der Waals surface area contributed by atoms with Crippen LogP contribution in [0.25, 0.3) is 21.8 Å². The molecule has 0 aliphatic carbocycles. The van der Waals surface area contributed by atoms with E-state index in [0.717, 1.165) is 12.1 Å². The van der Waals surface area contributed by atoms with Crippen LogP contribution in [0.4, 0.5) is 22.0 Å². The van der Waals surface area contributed by atoms with Crippen LogP contribution < -0.4 is 0 Å². The molecule has 31 heavy (non-hydrogen) atoms. The third-order valence-corrected chi connectivity index (χ3v) is 5.54. The van der Waals surface area contributed by atoms with Crippen molar-refractivity contribution in [1.29, 1.82) is 0 Å². The second kappa shape index (κ2) is 6.97. The minimum atomic E-state index is -4.46. The molecule has 0 atom stereocenters. The maximum Gasteiger partial charge on any atom is 0.416 e. The minimum absolute atomic E-state index is 0.426. The molecule has 0 bridgehead atoms. The molecule has 0 fully saturated rings. The highest BCUT2D eigenvalue weighted by atomic mass is 19.4. The monoisotopic (exact) mass is 426 g/mol. The molecule has 0 saturated carbocycles. The number of rotatable bonds is 3. The van der Waals surface area contributed by atoms with Gasteiger partial charge in [0, 0.05) is 40.1 Å². The van der Waals surface area contributed by atoms with Gasteiger partial charge in [0.25, 0.3) is 0 Å². The molecule has 0 unspecified atom stereocenters. The van der Waals surface area contributed by atoms with Crippen molar-refractivity contribution >= 4 is 21.8 Å². The van der Waals surface area contributed by atoms with Gasteiger partial charge in [-0.2, -0.15) is 13.2 Å². The Morgan fingerprint density at radius 1 is 0.645 bits per heavy atom. The van der Waals surface area contributed by atoms with E-state index in [1.54, 1.807) is 24.5 Å². The van der Waals surface area contributed by atoms with Crippen molar-refractivity contribution in [2.45, 2.75) is 12.1 Å². The Kier molecular flexibility index (Phi) is 4.36. The zero-order valence-corrected chi connectivity index (χ0v) is 15.9. The molecule has 0 aliphatic rings. The van der Waals surface area contributed by atoms with Gasteiger partial charge in [-0.15, -0.1) is 0 Å². The van der Waals surface area contributed by atoms with Gasteiger partial charge in [-0.25, -0.2) is 8.78 Å². The Morgan fingerprint density at radius 3 is 1.58 bits per heavy atom. The van der Waals surface area contributed by atoms with Gasteiger partial charge >= 0.3 is 6.18 Å². The summed E-state index contributed by atoms with van der Waals surface area (Å²) in [6, 6.07) is 13.5. The van der Waals surface area contributed by atoms with Crippen LogP contribution in [-0.4, -0.2) is 9.97 Å². The zero-order valence-electron chi connectivity index (χ0n) is 15.9. The van der Waals surface area contributed by atoms with Crippen LogP contribution in [0.5, 0.6) is 0 Å². The van der Waals surface area contributed by atoms with E-state index in [1.165, 1.54) is 36.4 Å². The van der Waals surface area contributed by atoms with Crippen LogP contribution in [0.2, 0.25) is 0 Å². The predicted octanol–water partition coefficient (Wildman–Crippen LogP) is 7.13. The summed E-state index contributed by atoms with van der Waals surface area (Å²) in [5.74, 6) is -1.40. The lowest BCUT2D eigenvalue weighted by Gasteiger charge is -2.18. The fourth-order valence-electron chi connectivity index (χ4n) is 4.10. The van der Waals surface area contributed by atoms with E-state index < -0.39 is 29.3 Å². The number of halogens is 5. The van der Waals surface area contributed by atoms with E-state index >= 15 is 0 Å². The number of H-pyrrole nitrogens is 2. The Labute approximate surface area is 173 Å². The summed E-state index contributed by atoms with van der Waals surface area (Å²) < 4.78 is 67.2. The minimum Gasteiger partial charge on any atom is -0.361 e. The average molecular weight is 426 g/mol. The smallest absolute Gasteiger partial charge is 0.361 e. The first kappa shape index (κ1) is 19.4. The molecule has 2 aromatic heterocycles. The summed E-state index contributed by atoms with van der Waals surface area (Å²) >= 11 is 0. The number of aromatic nitrogens is 2. The van der Waals surface area contributed by atoms with Gasteiger partial charge in [0.1, 0.15) is 11.6 Å². The molecule has 5 rings (SSSR count). The summed E-state index contributed by atoms with van der Waals surface area (Å²) in [5.41, 5.74) is 2.56. The number of aromatic amines is 2. The molecule has 0 saturated heterocycles. The highest BCUT2D eigenvalue weighted by molar-refractivity contribution is 5.89. The normalized spacial score (nSPS) is 12.3. The van der Waals surface area contributed by atoms with Crippen molar-refractivity contribution in [3.8, 4) is 0 Å². The van der Waals surface area contributed by atoms with E-state index in [0.29, 0.717) is 38.5 Å². The molecule has 2 N–H and O–H groups in total. The topological polar surface area (TPSA) is 31.6 Å². The van der Waals surface area contributed by atoms with Gasteiger partial charge in [0.2, 0.25) is 0 Å². The van der Waals surface area contributed by atoms with E-state index in [1.807, 2.05) is 0 Å². The SMILES string of the molecule is Fc1ccc2[nH]cc(C(c3ccc(C(F)(F)F)cc3)c3c[nH]c4ccc(F)cc34)c2c1. The van der Waals surface area contributed by atoms with Crippen molar-refractivity contribution < 1.29 is 22.0 Å². The van der Waals surface area contributed by atoms with Crippen LogP contribution in [0.15, 0.2) is 73.1 Å². The van der Waals surface area contributed by atoms with Gasteiger partial charge in [0.05, 0.1) is 5.56 Å². The zero-order chi connectivity index (χ0) is 21.8. The van der Waals surface area contributed by atoms with Gasteiger partial charge in [-0.3, -0.25) is 0 Å². The molecule has 2 heterocycles. The Balaban J connectivity index is 1.76. The molecule has 0 aliphatic heterocycles. The summed E-state index contributed by atoms with van der Waals surface area (Å²) in [6.45, 7) is 0. The van der Waals surface area contributed by atoms with Crippen molar-refractivity contribution in [1.82, 2.24) is 9.97 Å². The third-order valence-electron chi connectivity index (χ3n) is 5.54. The number of alkyl halides is 3. The number of nitrogens with one attached hydrogen (secondary N) is 2. The Morgan fingerprint density at radius 2 is 1.13 bits per heavy atom. The summed E-state index contributed by atoms with van der Waals surface area (Å²) in [4.78, 5) is 6.18. The van der Waals surface area contributed by atoms with E-state index in [9.17, 15) is 22.0 Å². The van der Waals surface area contributed by atoms with Crippen molar-refractivity contribution in [2.75, 3.05) is 0 Å². The van der Waals surface area contributed by atoms with Crippen LogP contribution in [0.3, 0.4) is 0 Å². The maximum atomic E-state index is 14.0. The third kappa shape index (κ3) is 3.36. The number of benzene rings is 3. The molecular weight excluding hydrogens is 411 g/mol.